The van der Waals surface area contributed by atoms with Gasteiger partial charge in [-0.1, -0.05) is 38.5 Å². The molecule has 1 saturated heterocycles. The van der Waals surface area contributed by atoms with Crippen LogP contribution in [0.15, 0.2) is 0 Å². The van der Waals surface area contributed by atoms with Gasteiger partial charge in [0.1, 0.15) is 6.29 Å². The molecule has 1 aliphatic heterocycles. The van der Waals surface area contributed by atoms with Crippen LogP contribution in [0.3, 0.4) is 0 Å². The second kappa shape index (κ2) is 6.44. The van der Waals surface area contributed by atoms with E-state index in [1.165, 1.54) is 64.2 Å². The Morgan fingerprint density at radius 1 is 0.950 bits per heavy atom. The molecule has 3 fully saturated rings. The monoisotopic (exact) mass is 279 g/mol. The van der Waals surface area contributed by atoms with Crippen LogP contribution in [0, 0.1) is 0 Å². The highest BCUT2D eigenvalue weighted by Gasteiger charge is 2.40. The molecule has 1 heterocycles. The fourth-order valence-corrected chi connectivity index (χ4v) is 4.18. The van der Waals surface area contributed by atoms with E-state index in [4.69, 9.17) is 0 Å². The predicted molar refractivity (Wildman–Crippen MR) is 80.1 cm³/mol. The van der Waals surface area contributed by atoms with E-state index in [-0.39, 0.29) is 6.29 Å². The molecule has 0 aromatic carbocycles. The molecule has 114 valence electrons. The number of likely N-dealkylation sites (N-methyl/N-ethyl adjacent to an activating group) is 1. The number of hydrogen-bond acceptors (Lipinski definition) is 3. The highest BCUT2D eigenvalue weighted by Crippen LogP contribution is 2.28. The van der Waals surface area contributed by atoms with Crippen LogP contribution in [0.25, 0.3) is 0 Å². The second-order valence-corrected chi connectivity index (χ2v) is 6.88. The van der Waals surface area contributed by atoms with Crippen LogP contribution >= 0.6 is 0 Å². The fraction of sp³-hybridized carbons (Fsp3) is 0.938. The van der Waals surface area contributed by atoms with Gasteiger partial charge in [0.15, 0.2) is 0 Å². The topological polar surface area (TPSA) is 35.6 Å². The molecule has 3 aliphatic rings. The standard InChI is InChI=1S/C16H29N3O/c1-18-12-15(20)19(14-10-6-3-7-11-14)16(18)17-13-8-4-2-5-9-13/h13-14,16-17H,2-12H2,1H3. The van der Waals surface area contributed by atoms with E-state index in [0.717, 1.165) is 0 Å². The summed E-state index contributed by atoms with van der Waals surface area (Å²) in [7, 11) is 2.08. The maximum Gasteiger partial charge on any atom is 0.239 e. The molecular weight excluding hydrogens is 250 g/mol. The highest BCUT2D eigenvalue weighted by molar-refractivity contribution is 5.80. The van der Waals surface area contributed by atoms with Gasteiger partial charge in [0.25, 0.3) is 0 Å². The van der Waals surface area contributed by atoms with Gasteiger partial charge in [-0.2, -0.15) is 0 Å². The third-order valence-corrected chi connectivity index (χ3v) is 5.31. The minimum absolute atomic E-state index is 0.147. The molecule has 2 aliphatic carbocycles. The largest absolute Gasteiger partial charge is 0.310 e. The van der Waals surface area contributed by atoms with Gasteiger partial charge in [0.05, 0.1) is 6.54 Å². The van der Waals surface area contributed by atoms with Crippen LogP contribution in [0.4, 0.5) is 0 Å². The number of hydrogen-bond donors (Lipinski definition) is 1. The molecule has 1 N–H and O–H groups in total. The van der Waals surface area contributed by atoms with Crippen molar-refractivity contribution in [3.8, 4) is 0 Å². The third-order valence-electron chi connectivity index (χ3n) is 5.31. The minimum Gasteiger partial charge on any atom is -0.310 e. The summed E-state index contributed by atoms with van der Waals surface area (Å²) >= 11 is 0. The van der Waals surface area contributed by atoms with E-state index in [9.17, 15) is 4.79 Å². The van der Waals surface area contributed by atoms with Crippen LogP contribution < -0.4 is 5.32 Å². The van der Waals surface area contributed by atoms with Crippen molar-refractivity contribution in [2.75, 3.05) is 13.6 Å². The van der Waals surface area contributed by atoms with Crippen molar-refractivity contribution in [1.29, 1.82) is 0 Å². The lowest BCUT2D eigenvalue weighted by Crippen LogP contribution is -2.56. The number of amides is 1. The molecular formula is C16H29N3O. The molecule has 0 aromatic rings. The number of carbonyl (C=O) groups excluding carboxylic acids is 1. The van der Waals surface area contributed by atoms with E-state index in [2.05, 4.69) is 22.2 Å². The lowest BCUT2D eigenvalue weighted by Gasteiger charge is -2.39. The first-order chi connectivity index (χ1) is 9.75. The smallest absolute Gasteiger partial charge is 0.239 e. The normalized spacial score (nSPS) is 31.1. The number of nitrogens with zero attached hydrogens (tertiary/aromatic N) is 2. The van der Waals surface area contributed by atoms with E-state index < -0.39 is 0 Å². The quantitative estimate of drug-likeness (QED) is 0.861. The summed E-state index contributed by atoms with van der Waals surface area (Å²) in [5, 5.41) is 3.78. The average molecular weight is 279 g/mol. The first-order valence-electron chi connectivity index (χ1n) is 8.53. The SMILES string of the molecule is CN1CC(=O)N(C2CCCCC2)C1NC1CCCCC1. The average Bonchev–Trinajstić information content (AvgIpc) is 2.75. The van der Waals surface area contributed by atoms with Crippen molar-refractivity contribution in [2.45, 2.75) is 82.6 Å². The van der Waals surface area contributed by atoms with Crippen molar-refractivity contribution in [3.63, 3.8) is 0 Å². The Balaban J connectivity index is 1.66. The Hall–Kier alpha value is -0.610. The van der Waals surface area contributed by atoms with Crippen LogP contribution in [0.2, 0.25) is 0 Å². The number of rotatable bonds is 3. The molecule has 2 saturated carbocycles. The van der Waals surface area contributed by atoms with E-state index in [0.29, 0.717) is 24.5 Å². The molecule has 0 spiro atoms. The second-order valence-electron chi connectivity index (χ2n) is 6.88. The molecule has 20 heavy (non-hydrogen) atoms. The summed E-state index contributed by atoms with van der Waals surface area (Å²) in [6, 6.07) is 1.08. The van der Waals surface area contributed by atoms with Gasteiger partial charge < -0.3 is 4.90 Å². The molecule has 0 aromatic heterocycles. The summed E-state index contributed by atoms with van der Waals surface area (Å²) in [6.45, 7) is 0.584. The summed E-state index contributed by atoms with van der Waals surface area (Å²) in [6.07, 6.45) is 13.1. The lowest BCUT2D eigenvalue weighted by atomic mass is 9.94. The van der Waals surface area contributed by atoms with Gasteiger partial charge >= 0.3 is 0 Å². The molecule has 1 unspecified atom stereocenters. The Labute approximate surface area is 122 Å². The van der Waals surface area contributed by atoms with Gasteiger partial charge in [-0.15, -0.1) is 0 Å². The van der Waals surface area contributed by atoms with Crippen LogP contribution in [-0.4, -0.2) is 47.7 Å². The van der Waals surface area contributed by atoms with Gasteiger partial charge in [-0.05, 0) is 32.7 Å². The highest BCUT2D eigenvalue weighted by atomic mass is 16.2. The molecule has 4 nitrogen and oxygen atoms in total. The zero-order chi connectivity index (χ0) is 13.9. The maximum atomic E-state index is 12.4. The van der Waals surface area contributed by atoms with Gasteiger partial charge in [-0.25, -0.2) is 0 Å². The zero-order valence-electron chi connectivity index (χ0n) is 12.8. The Kier molecular flexibility index (Phi) is 4.61. The molecule has 4 heteroatoms. The molecule has 0 bridgehead atoms. The fourth-order valence-electron chi connectivity index (χ4n) is 4.18. The van der Waals surface area contributed by atoms with Crippen molar-refractivity contribution in [3.05, 3.63) is 0 Å². The molecule has 3 rings (SSSR count). The van der Waals surface area contributed by atoms with E-state index >= 15 is 0 Å². The maximum absolute atomic E-state index is 12.4. The first-order valence-corrected chi connectivity index (χ1v) is 8.53. The van der Waals surface area contributed by atoms with Gasteiger partial charge in [0.2, 0.25) is 5.91 Å². The van der Waals surface area contributed by atoms with Crippen LogP contribution in [0.1, 0.15) is 64.2 Å². The van der Waals surface area contributed by atoms with E-state index in [1.54, 1.807) is 0 Å². The summed E-state index contributed by atoms with van der Waals surface area (Å²) in [5.41, 5.74) is 0. The Morgan fingerprint density at radius 2 is 1.55 bits per heavy atom. The minimum atomic E-state index is 0.147. The van der Waals surface area contributed by atoms with Crippen LogP contribution in [-0.2, 0) is 4.79 Å². The number of carbonyl (C=O) groups is 1. The predicted octanol–water partition coefficient (Wildman–Crippen LogP) is 2.30. The Morgan fingerprint density at radius 3 is 2.20 bits per heavy atom. The zero-order valence-corrected chi connectivity index (χ0v) is 12.8. The first kappa shape index (κ1) is 14.3. The molecule has 1 atom stereocenters. The lowest BCUT2D eigenvalue weighted by molar-refractivity contribution is -0.131. The summed E-state index contributed by atoms with van der Waals surface area (Å²) in [4.78, 5) is 16.8. The Bertz CT molecular complexity index is 335. The van der Waals surface area contributed by atoms with Crippen molar-refractivity contribution >= 4 is 5.91 Å². The summed E-state index contributed by atoms with van der Waals surface area (Å²) in [5.74, 6) is 0.327. The van der Waals surface area contributed by atoms with Gasteiger partial charge in [-0.3, -0.25) is 15.0 Å². The van der Waals surface area contributed by atoms with E-state index in [1.807, 2.05) is 0 Å². The van der Waals surface area contributed by atoms with Crippen LogP contribution in [0.5, 0.6) is 0 Å². The third kappa shape index (κ3) is 3.01. The summed E-state index contributed by atoms with van der Waals surface area (Å²) < 4.78 is 0. The molecule has 0 radical (unpaired) electrons. The van der Waals surface area contributed by atoms with Gasteiger partial charge in [0, 0.05) is 12.1 Å². The van der Waals surface area contributed by atoms with Crippen molar-refractivity contribution in [2.24, 2.45) is 0 Å². The molecule has 1 amide bonds. The van der Waals surface area contributed by atoms with Crippen molar-refractivity contribution in [1.82, 2.24) is 15.1 Å². The van der Waals surface area contributed by atoms with Crippen molar-refractivity contribution < 1.29 is 4.79 Å². The number of nitrogens with one attached hydrogen (secondary N) is 1.